The number of likely N-dealkylation sites (tertiary alicyclic amines) is 1. The lowest BCUT2D eigenvalue weighted by atomic mass is 9.75. The van der Waals surface area contributed by atoms with Gasteiger partial charge in [0.25, 0.3) is 5.91 Å². The standard InChI is InChI=1S/C19H24N2O3/c22-18(20-10-9-14-5-1-2-6-15(14)11-20)12-21-16-7-3-4-8-17(16)24-13-19(21)23/h3-4,7-8,14-15H,1-2,5-6,9-13H2/t14-,15-/m0/s1. The van der Waals surface area contributed by atoms with E-state index in [0.29, 0.717) is 17.4 Å². The molecule has 1 saturated heterocycles. The van der Waals surface area contributed by atoms with Crippen molar-refractivity contribution in [1.29, 1.82) is 0 Å². The normalized spacial score (nSPS) is 26.4. The number of fused-ring (bicyclic) bond motifs is 2. The number of para-hydroxylation sites is 2. The maximum absolute atomic E-state index is 12.8. The highest BCUT2D eigenvalue weighted by molar-refractivity contribution is 6.02. The summed E-state index contributed by atoms with van der Waals surface area (Å²) in [6.45, 7) is 1.83. The second-order valence-corrected chi connectivity index (χ2v) is 7.17. The first-order chi connectivity index (χ1) is 11.7. The van der Waals surface area contributed by atoms with Crippen LogP contribution in [0.4, 0.5) is 5.69 Å². The van der Waals surface area contributed by atoms with E-state index in [9.17, 15) is 9.59 Å². The number of carbonyl (C=O) groups is 2. The first-order valence-corrected chi connectivity index (χ1v) is 9.02. The van der Waals surface area contributed by atoms with Crippen LogP contribution in [-0.4, -0.2) is 43.0 Å². The predicted molar refractivity (Wildman–Crippen MR) is 90.9 cm³/mol. The van der Waals surface area contributed by atoms with Crippen LogP contribution in [0.15, 0.2) is 24.3 Å². The third kappa shape index (κ3) is 2.87. The van der Waals surface area contributed by atoms with Gasteiger partial charge in [0.05, 0.1) is 5.69 Å². The predicted octanol–water partition coefficient (Wildman–Crippen LogP) is 2.45. The van der Waals surface area contributed by atoms with Crippen LogP contribution in [-0.2, 0) is 9.59 Å². The number of piperidine rings is 1. The fourth-order valence-corrected chi connectivity index (χ4v) is 4.39. The van der Waals surface area contributed by atoms with Gasteiger partial charge in [-0.2, -0.15) is 0 Å². The molecular formula is C19H24N2O3. The molecule has 5 heteroatoms. The lowest BCUT2D eigenvalue weighted by Gasteiger charge is -2.42. The number of ether oxygens (including phenoxy) is 1. The summed E-state index contributed by atoms with van der Waals surface area (Å²) in [7, 11) is 0. The van der Waals surface area contributed by atoms with Crippen LogP contribution in [0.25, 0.3) is 0 Å². The summed E-state index contributed by atoms with van der Waals surface area (Å²) in [6, 6.07) is 7.42. The number of amides is 2. The van der Waals surface area contributed by atoms with E-state index in [1.807, 2.05) is 29.2 Å². The van der Waals surface area contributed by atoms with E-state index in [4.69, 9.17) is 4.74 Å². The Morgan fingerprint density at radius 2 is 1.92 bits per heavy atom. The van der Waals surface area contributed by atoms with E-state index in [1.54, 1.807) is 4.90 Å². The van der Waals surface area contributed by atoms with Gasteiger partial charge in [0.2, 0.25) is 5.91 Å². The summed E-state index contributed by atoms with van der Waals surface area (Å²) < 4.78 is 5.45. The smallest absolute Gasteiger partial charge is 0.265 e. The molecule has 1 aromatic rings. The van der Waals surface area contributed by atoms with E-state index in [1.165, 1.54) is 25.7 Å². The van der Waals surface area contributed by atoms with E-state index in [2.05, 4.69) is 0 Å². The molecule has 4 rings (SSSR count). The Hall–Kier alpha value is -2.04. The average molecular weight is 328 g/mol. The average Bonchev–Trinajstić information content (AvgIpc) is 2.63. The molecule has 0 aromatic heterocycles. The zero-order valence-corrected chi connectivity index (χ0v) is 13.9. The summed E-state index contributed by atoms with van der Waals surface area (Å²) in [6.07, 6.45) is 6.31. The summed E-state index contributed by atoms with van der Waals surface area (Å²) in [5.74, 6) is 2.05. The van der Waals surface area contributed by atoms with Crippen molar-refractivity contribution in [3.8, 4) is 5.75 Å². The largest absolute Gasteiger partial charge is 0.482 e. The molecule has 0 spiro atoms. The van der Waals surface area contributed by atoms with E-state index in [-0.39, 0.29) is 25.0 Å². The molecule has 2 amide bonds. The topological polar surface area (TPSA) is 49.9 Å². The lowest BCUT2D eigenvalue weighted by Crippen LogP contribution is -2.50. The molecule has 0 radical (unpaired) electrons. The molecule has 1 aromatic carbocycles. The number of anilines is 1. The zero-order valence-electron chi connectivity index (χ0n) is 13.9. The van der Waals surface area contributed by atoms with Crippen molar-refractivity contribution in [1.82, 2.24) is 4.90 Å². The molecule has 0 N–H and O–H groups in total. The number of hydrogen-bond donors (Lipinski definition) is 0. The van der Waals surface area contributed by atoms with Crippen molar-refractivity contribution in [3.05, 3.63) is 24.3 Å². The quantitative estimate of drug-likeness (QED) is 0.838. The third-order valence-electron chi connectivity index (χ3n) is 5.75. The first kappa shape index (κ1) is 15.5. The summed E-state index contributed by atoms with van der Waals surface area (Å²) >= 11 is 0. The van der Waals surface area contributed by atoms with Crippen LogP contribution in [0.1, 0.15) is 32.1 Å². The van der Waals surface area contributed by atoms with Gasteiger partial charge in [0, 0.05) is 13.1 Å². The molecule has 2 aliphatic heterocycles. The van der Waals surface area contributed by atoms with Gasteiger partial charge in [-0.3, -0.25) is 14.5 Å². The molecule has 1 saturated carbocycles. The van der Waals surface area contributed by atoms with Crippen molar-refractivity contribution in [2.24, 2.45) is 11.8 Å². The minimum atomic E-state index is -0.144. The lowest BCUT2D eigenvalue weighted by molar-refractivity contribution is -0.134. The van der Waals surface area contributed by atoms with Crippen molar-refractivity contribution >= 4 is 17.5 Å². The minimum Gasteiger partial charge on any atom is -0.482 e. The van der Waals surface area contributed by atoms with Gasteiger partial charge in [-0.1, -0.05) is 31.4 Å². The number of benzene rings is 1. The molecule has 2 fully saturated rings. The summed E-state index contributed by atoms with van der Waals surface area (Å²) in [4.78, 5) is 28.6. The molecule has 3 aliphatic rings. The van der Waals surface area contributed by atoms with Crippen molar-refractivity contribution < 1.29 is 14.3 Å². The highest BCUT2D eigenvalue weighted by Gasteiger charge is 2.34. The van der Waals surface area contributed by atoms with E-state index in [0.717, 1.165) is 25.4 Å². The number of carbonyl (C=O) groups excluding carboxylic acids is 2. The Bertz CT molecular complexity index is 645. The highest BCUT2D eigenvalue weighted by Crippen LogP contribution is 2.36. The molecule has 2 atom stereocenters. The van der Waals surface area contributed by atoms with Crippen LogP contribution in [0.2, 0.25) is 0 Å². The Morgan fingerprint density at radius 1 is 1.12 bits per heavy atom. The Labute approximate surface area is 142 Å². The third-order valence-corrected chi connectivity index (χ3v) is 5.75. The fraction of sp³-hybridized carbons (Fsp3) is 0.579. The van der Waals surface area contributed by atoms with Crippen LogP contribution in [0.3, 0.4) is 0 Å². The minimum absolute atomic E-state index is 0.00892. The molecule has 5 nitrogen and oxygen atoms in total. The zero-order chi connectivity index (χ0) is 16.5. The molecule has 2 heterocycles. The highest BCUT2D eigenvalue weighted by atomic mass is 16.5. The monoisotopic (exact) mass is 328 g/mol. The maximum Gasteiger partial charge on any atom is 0.265 e. The van der Waals surface area contributed by atoms with Gasteiger partial charge in [-0.15, -0.1) is 0 Å². The Kier molecular flexibility index (Phi) is 4.17. The molecule has 24 heavy (non-hydrogen) atoms. The van der Waals surface area contributed by atoms with E-state index < -0.39 is 0 Å². The van der Waals surface area contributed by atoms with Gasteiger partial charge in [-0.05, 0) is 36.8 Å². The van der Waals surface area contributed by atoms with Crippen molar-refractivity contribution in [2.45, 2.75) is 32.1 Å². The van der Waals surface area contributed by atoms with E-state index >= 15 is 0 Å². The first-order valence-electron chi connectivity index (χ1n) is 9.02. The van der Waals surface area contributed by atoms with Crippen molar-refractivity contribution in [3.63, 3.8) is 0 Å². The molecule has 1 aliphatic carbocycles. The molecule has 128 valence electrons. The Balaban J connectivity index is 1.45. The van der Waals surface area contributed by atoms with Crippen LogP contribution >= 0.6 is 0 Å². The SMILES string of the molecule is O=C(CN1C(=O)COc2ccccc21)N1CC[C@@H]2CCCC[C@H]2C1. The molecule has 0 bridgehead atoms. The van der Waals surface area contributed by atoms with Gasteiger partial charge in [-0.25, -0.2) is 0 Å². The van der Waals surface area contributed by atoms with Gasteiger partial charge >= 0.3 is 0 Å². The van der Waals surface area contributed by atoms with Crippen LogP contribution in [0, 0.1) is 11.8 Å². The summed E-state index contributed by atoms with van der Waals surface area (Å²) in [5, 5.41) is 0. The van der Waals surface area contributed by atoms with Gasteiger partial charge < -0.3 is 9.64 Å². The summed E-state index contributed by atoms with van der Waals surface area (Å²) in [5.41, 5.74) is 0.703. The second kappa shape index (κ2) is 6.46. The Morgan fingerprint density at radius 3 is 2.79 bits per heavy atom. The van der Waals surface area contributed by atoms with Crippen molar-refractivity contribution in [2.75, 3.05) is 31.1 Å². The second-order valence-electron chi connectivity index (χ2n) is 7.17. The molecule has 0 unspecified atom stereocenters. The van der Waals surface area contributed by atoms with Crippen LogP contribution in [0.5, 0.6) is 5.75 Å². The number of hydrogen-bond acceptors (Lipinski definition) is 3. The fourth-order valence-electron chi connectivity index (χ4n) is 4.39. The number of nitrogens with zero attached hydrogens (tertiary/aromatic N) is 2. The maximum atomic E-state index is 12.8. The van der Waals surface area contributed by atoms with Crippen LogP contribution < -0.4 is 9.64 Å². The number of rotatable bonds is 2. The van der Waals surface area contributed by atoms with Gasteiger partial charge in [0.1, 0.15) is 12.3 Å². The molecular weight excluding hydrogens is 304 g/mol. The van der Waals surface area contributed by atoms with Gasteiger partial charge in [0.15, 0.2) is 6.61 Å².